The zero-order valence-electron chi connectivity index (χ0n) is 9.38. The highest BCUT2D eigenvalue weighted by atomic mass is 16.4. The minimum absolute atomic E-state index is 0.103. The number of rotatable bonds is 4. The fraction of sp³-hybridized carbons (Fsp3) is 0.818. The molecule has 0 aromatic carbocycles. The van der Waals surface area contributed by atoms with Crippen LogP contribution < -0.4 is 5.32 Å². The zero-order valence-corrected chi connectivity index (χ0v) is 9.38. The van der Waals surface area contributed by atoms with Gasteiger partial charge in [0, 0.05) is 5.41 Å². The molecule has 1 rings (SSSR count). The fourth-order valence-corrected chi connectivity index (χ4v) is 2.05. The average Bonchev–Trinajstić information content (AvgIpc) is 2.61. The van der Waals surface area contributed by atoms with Crippen LogP contribution >= 0.6 is 0 Å². The van der Waals surface area contributed by atoms with Gasteiger partial charge in [0.15, 0.2) is 0 Å². The van der Waals surface area contributed by atoms with E-state index in [0.717, 1.165) is 25.7 Å². The molecule has 0 saturated heterocycles. The molecule has 1 amide bonds. The van der Waals surface area contributed by atoms with Crippen molar-refractivity contribution >= 4 is 11.9 Å². The van der Waals surface area contributed by atoms with Crippen molar-refractivity contribution in [3.63, 3.8) is 0 Å². The number of hydrogen-bond acceptors (Lipinski definition) is 2. The number of carbonyl (C=O) groups excluding carboxylic acids is 1. The third-order valence-corrected chi connectivity index (χ3v) is 3.27. The molecule has 0 unspecified atom stereocenters. The van der Waals surface area contributed by atoms with Crippen molar-refractivity contribution in [2.24, 2.45) is 5.41 Å². The van der Waals surface area contributed by atoms with Gasteiger partial charge >= 0.3 is 5.97 Å². The Kier molecular flexibility index (Phi) is 3.72. The van der Waals surface area contributed by atoms with Gasteiger partial charge in [0.05, 0.1) is 0 Å². The number of aliphatic carboxylic acids is 1. The lowest BCUT2D eigenvalue weighted by Crippen LogP contribution is -2.46. The molecule has 1 saturated carbocycles. The van der Waals surface area contributed by atoms with Gasteiger partial charge in [0.25, 0.3) is 0 Å². The normalized spacial score (nSPS) is 20.9. The lowest BCUT2D eigenvalue weighted by atomic mass is 9.87. The Bertz CT molecular complexity index is 257. The second-order valence-corrected chi connectivity index (χ2v) is 4.54. The molecule has 0 aromatic heterocycles. The van der Waals surface area contributed by atoms with Crippen LogP contribution in [0.1, 0.15) is 46.0 Å². The Morgan fingerprint density at radius 1 is 1.40 bits per heavy atom. The van der Waals surface area contributed by atoms with Crippen LogP contribution in [0.4, 0.5) is 0 Å². The van der Waals surface area contributed by atoms with E-state index in [1.54, 1.807) is 6.92 Å². The van der Waals surface area contributed by atoms with Crippen molar-refractivity contribution in [3.05, 3.63) is 0 Å². The summed E-state index contributed by atoms with van der Waals surface area (Å²) in [6.45, 7) is 3.68. The largest absolute Gasteiger partial charge is 0.480 e. The standard InChI is InChI=1S/C11H19NO3/c1-3-8(9(13)14)12-10(15)11(2)6-4-5-7-11/h8H,3-7H2,1-2H3,(H,12,15)(H,13,14)/t8-/m0/s1. The van der Waals surface area contributed by atoms with Gasteiger partial charge in [-0.15, -0.1) is 0 Å². The molecule has 86 valence electrons. The Hall–Kier alpha value is -1.06. The first-order valence-corrected chi connectivity index (χ1v) is 5.53. The van der Waals surface area contributed by atoms with Crippen molar-refractivity contribution in [3.8, 4) is 0 Å². The molecule has 0 aromatic rings. The molecule has 0 radical (unpaired) electrons. The molecule has 4 heteroatoms. The minimum atomic E-state index is -0.951. The van der Waals surface area contributed by atoms with E-state index in [-0.39, 0.29) is 11.3 Å². The first-order valence-electron chi connectivity index (χ1n) is 5.53. The molecule has 1 aliphatic carbocycles. The van der Waals surface area contributed by atoms with Crippen LogP contribution in [-0.2, 0) is 9.59 Å². The van der Waals surface area contributed by atoms with Crippen LogP contribution in [-0.4, -0.2) is 23.0 Å². The molecule has 1 fully saturated rings. The maximum absolute atomic E-state index is 11.9. The molecule has 0 aliphatic heterocycles. The van der Waals surface area contributed by atoms with E-state index in [4.69, 9.17) is 5.11 Å². The summed E-state index contributed by atoms with van der Waals surface area (Å²) in [6.07, 6.45) is 4.29. The monoisotopic (exact) mass is 213 g/mol. The van der Waals surface area contributed by atoms with Crippen molar-refractivity contribution < 1.29 is 14.7 Å². The van der Waals surface area contributed by atoms with Crippen LogP contribution in [0.5, 0.6) is 0 Å². The average molecular weight is 213 g/mol. The van der Waals surface area contributed by atoms with Gasteiger partial charge in [-0.2, -0.15) is 0 Å². The van der Waals surface area contributed by atoms with E-state index in [1.807, 2.05) is 6.92 Å². The third kappa shape index (κ3) is 2.70. The highest BCUT2D eigenvalue weighted by Crippen LogP contribution is 2.37. The molecular weight excluding hydrogens is 194 g/mol. The predicted molar refractivity (Wildman–Crippen MR) is 56.4 cm³/mol. The lowest BCUT2D eigenvalue weighted by molar-refractivity contribution is -0.143. The van der Waals surface area contributed by atoms with Crippen molar-refractivity contribution in [1.82, 2.24) is 5.32 Å². The summed E-state index contributed by atoms with van der Waals surface area (Å²) in [5, 5.41) is 11.4. The van der Waals surface area contributed by atoms with E-state index in [0.29, 0.717) is 6.42 Å². The first-order chi connectivity index (χ1) is 6.99. The van der Waals surface area contributed by atoms with Gasteiger partial charge in [-0.05, 0) is 19.3 Å². The number of carboxylic acid groups (broad SMARTS) is 1. The summed E-state index contributed by atoms with van der Waals surface area (Å²) in [5.74, 6) is -1.05. The zero-order chi connectivity index (χ0) is 11.5. The summed E-state index contributed by atoms with van der Waals surface area (Å²) in [6, 6.07) is -0.741. The summed E-state index contributed by atoms with van der Waals surface area (Å²) >= 11 is 0. The number of amides is 1. The summed E-state index contributed by atoms with van der Waals surface area (Å²) in [5.41, 5.74) is -0.344. The Morgan fingerprint density at radius 3 is 2.33 bits per heavy atom. The molecule has 0 bridgehead atoms. The number of carboxylic acids is 1. The number of nitrogens with one attached hydrogen (secondary N) is 1. The van der Waals surface area contributed by atoms with Gasteiger partial charge in [-0.1, -0.05) is 26.7 Å². The first kappa shape index (κ1) is 12.0. The maximum Gasteiger partial charge on any atom is 0.326 e. The summed E-state index contributed by atoms with van der Waals surface area (Å²) in [4.78, 5) is 22.6. The topological polar surface area (TPSA) is 66.4 Å². The van der Waals surface area contributed by atoms with E-state index in [9.17, 15) is 9.59 Å². The molecule has 0 spiro atoms. The van der Waals surface area contributed by atoms with E-state index in [2.05, 4.69) is 5.32 Å². The Balaban J connectivity index is 2.57. The fourth-order valence-electron chi connectivity index (χ4n) is 2.05. The van der Waals surface area contributed by atoms with E-state index in [1.165, 1.54) is 0 Å². The second-order valence-electron chi connectivity index (χ2n) is 4.54. The van der Waals surface area contributed by atoms with Crippen LogP contribution in [0.3, 0.4) is 0 Å². The maximum atomic E-state index is 11.9. The third-order valence-electron chi connectivity index (χ3n) is 3.27. The number of hydrogen-bond donors (Lipinski definition) is 2. The van der Waals surface area contributed by atoms with E-state index >= 15 is 0 Å². The summed E-state index contributed by atoms with van der Waals surface area (Å²) < 4.78 is 0. The van der Waals surface area contributed by atoms with E-state index < -0.39 is 12.0 Å². The highest BCUT2D eigenvalue weighted by Gasteiger charge is 2.37. The number of carbonyl (C=O) groups is 2. The minimum Gasteiger partial charge on any atom is -0.480 e. The van der Waals surface area contributed by atoms with Gasteiger partial charge < -0.3 is 10.4 Å². The molecule has 15 heavy (non-hydrogen) atoms. The Labute approximate surface area is 90.0 Å². The second kappa shape index (κ2) is 4.64. The SMILES string of the molecule is CC[C@H](NC(=O)C1(C)CCCC1)C(=O)O. The van der Waals surface area contributed by atoms with Gasteiger partial charge in [0.2, 0.25) is 5.91 Å². The molecule has 0 heterocycles. The smallest absolute Gasteiger partial charge is 0.326 e. The van der Waals surface area contributed by atoms with Crippen molar-refractivity contribution in [2.75, 3.05) is 0 Å². The Morgan fingerprint density at radius 2 is 1.93 bits per heavy atom. The molecule has 2 N–H and O–H groups in total. The van der Waals surface area contributed by atoms with Crippen molar-refractivity contribution in [2.45, 2.75) is 52.0 Å². The quantitative estimate of drug-likeness (QED) is 0.744. The summed E-state index contributed by atoms with van der Waals surface area (Å²) in [7, 11) is 0. The molecular formula is C11H19NO3. The molecule has 4 nitrogen and oxygen atoms in total. The molecule has 1 aliphatic rings. The van der Waals surface area contributed by atoms with Gasteiger partial charge in [-0.3, -0.25) is 4.79 Å². The van der Waals surface area contributed by atoms with Crippen LogP contribution in [0.2, 0.25) is 0 Å². The van der Waals surface area contributed by atoms with Gasteiger partial charge in [-0.25, -0.2) is 4.79 Å². The van der Waals surface area contributed by atoms with Crippen molar-refractivity contribution in [1.29, 1.82) is 0 Å². The molecule has 1 atom stereocenters. The van der Waals surface area contributed by atoms with Crippen LogP contribution in [0.25, 0.3) is 0 Å². The predicted octanol–water partition coefficient (Wildman–Crippen LogP) is 1.55. The van der Waals surface area contributed by atoms with Crippen LogP contribution in [0.15, 0.2) is 0 Å². The highest BCUT2D eigenvalue weighted by molar-refractivity contribution is 5.87. The lowest BCUT2D eigenvalue weighted by Gasteiger charge is -2.24. The van der Waals surface area contributed by atoms with Crippen LogP contribution in [0, 0.1) is 5.41 Å². The van der Waals surface area contributed by atoms with Gasteiger partial charge in [0.1, 0.15) is 6.04 Å².